The second-order valence-corrected chi connectivity index (χ2v) is 6.18. The molecule has 27 heavy (non-hydrogen) atoms. The van der Waals surface area contributed by atoms with Gasteiger partial charge < -0.3 is 9.15 Å². The zero-order chi connectivity index (χ0) is 19.4. The SMILES string of the molecule is Cc1ccc2c(COC(=O)CCC(=O)c3ccc(F)cc3)cc(=O)oc2c1. The van der Waals surface area contributed by atoms with Crippen molar-refractivity contribution in [3.63, 3.8) is 0 Å². The summed E-state index contributed by atoms with van der Waals surface area (Å²) in [6, 6.07) is 11.8. The lowest BCUT2D eigenvalue weighted by atomic mass is 10.1. The maximum absolute atomic E-state index is 12.9. The normalized spacial score (nSPS) is 10.7. The largest absolute Gasteiger partial charge is 0.461 e. The Kier molecular flexibility index (Phi) is 5.45. The van der Waals surface area contributed by atoms with Gasteiger partial charge in [-0.25, -0.2) is 9.18 Å². The van der Waals surface area contributed by atoms with Gasteiger partial charge in [0.1, 0.15) is 18.0 Å². The predicted molar refractivity (Wildman–Crippen MR) is 97.0 cm³/mol. The fourth-order valence-electron chi connectivity index (χ4n) is 2.68. The number of aryl methyl sites for hydroxylation is 1. The summed E-state index contributed by atoms with van der Waals surface area (Å²) in [4.78, 5) is 35.6. The first-order valence-electron chi connectivity index (χ1n) is 8.40. The Balaban J connectivity index is 1.61. The Bertz CT molecular complexity index is 1050. The second-order valence-electron chi connectivity index (χ2n) is 6.18. The van der Waals surface area contributed by atoms with Crippen LogP contribution < -0.4 is 5.63 Å². The lowest BCUT2D eigenvalue weighted by Crippen LogP contribution is -2.10. The van der Waals surface area contributed by atoms with E-state index in [1.54, 1.807) is 12.1 Å². The van der Waals surface area contributed by atoms with Crippen molar-refractivity contribution in [2.45, 2.75) is 26.4 Å². The van der Waals surface area contributed by atoms with E-state index >= 15 is 0 Å². The van der Waals surface area contributed by atoms with Gasteiger partial charge in [-0.1, -0.05) is 12.1 Å². The molecule has 1 heterocycles. The molecule has 0 aliphatic heterocycles. The summed E-state index contributed by atoms with van der Waals surface area (Å²) >= 11 is 0. The Morgan fingerprint density at radius 2 is 1.78 bits per heavy atom. The minimum absolute atomic E-state index is 0.0403. The number of hydrogen-bond donors (Lipinski definition) is 0. The minimum Gasteiger partial charge on any atom is -0.461 e. The fourth-order valence-corrected chi connectivity index (χ4v) is 2.68. The molecule has 0 aliphatic rings. The van der Waals surface area contributed by atoms with Crippen molar-refractivity contribution in [3.05, 3.63) is 81.5 Å². The van der Waals surface area contributed by atoms with Gasteiger partial charge in [-0.3, -0.25) is 9.59 Å². The van der Waals surface area contributed by atoms with Crippen molar-refractivity contribution in [1.29, 1.82) is 0 Å². The van der Waals surface area contributed by atoms with Crippen LogP contribution in [-0.4, -0.2) is 11.8 Å². The molecule has 1 aromatic heterocycles. The first kappa shape index (κ1) is 18.5. The molecule has 0 saturated heterocycles. The van der Waals surface area contributed by atoms with E-state index < -0.39 is 17.4 Å². The number of rotatable bonds is 6. The van der Waals surface area contributed by atoms with Gasteiger partial charge >= 0.3 is 11.6 Å². The monoisotopic (exact) mass is 368 g/mol. The summed E-state index contributed by atoms with van der Waals surface area (Å²) in [6.45, 7) is 1.79. The molecule has 2 aromatic carbocycles. The van der Waals surface area contributed by atoms with Gasteiger partial charge in [-0.15, -0.1) is 0 Å². The van der Waals surface area contributed by atoms with Gasteiger partial charge in [0.25, 0.3) is 0 Å². The van der Waals surface area contributed by atoms with Crippen LogP contribution in [0, 0.1) is 12.7 Å². The molecule has 0 fully saturated rings. The number of ketones is 1. The number of Topliss-reactive ketones (excluding diaryl/α,β-unsaturated/α-hetero) is 1. The number of fused-ring (bicyclic) bond motifs is 1. The number of carbonyl (C=O) groups is 2. The van der Waals surface area contributed by atoms with Crippen LogP contribution in [-0.2, 0) is 16.1 Å². The number of ether oxygens (including phenoxy) is 1. The zero-order valence-corrected chi connectivity index (χ0v) is 14.7. The van der Waals surface area contributed by atoms with Crippen LogP contribution in [0.1, 0.15) is 34.3 Å². The van der Waals surface area contributed by atoms with Crippen LogP contribution in [0.4, 0.5) is 4.39 Å². The summed E-state index contributed by atoms with van der Waals surface area (Å²) in [5.74, 6) is -1.26. The maximum atomic E-state index is 12.9. The summed E-state index contributed by atoms with van der Waals surface area (Å²) in [7, 11) is 0. The number of benzene rings is 2. The van der Waals surface area contributed by atoms with E-state index in [4.69, 9.17) is 9.15 Å². The Morgan fingerprint density at radius 1 is 1.04 bits per heavy atom. The van der Waals surface area contributed by atoms with Crippen molar-refractivity contribution >= 4 is 22.7 Å². The third-order valence-corrected chi connectivity index (χ3v) is 4.10. The van der Waals surface area contributed by atoms with Gasteiger partial charge in [0.15, 0.2) is 5.78 Å². The molecule has 0 spiro atoms. The van der Waals surface area contributed by atoms with Crippen molar-refractivity contribution in [2.75, 3.05) is 0 Å². The third kappa shape index (κ3) is 4.67. The highest BCUT2D eigenvalue weighted by Gasteiger charge is 2.12. The van der Waals surface area contributed by atoms with Gasteiger partial charge in [-0.2, -0.15) is 0 Å². The molecule has 0 N–H and O–H groups in total. The fraction of sp³-hybridized carbons (Fsp3) is 0.190. The minimum atomic E-state index is -0.557. The van der Waals surface area contributed by atoms with Gasteiger partial charge in [0.2, 0.25) is 0 Å². The van der Waals surface area contributed by atoms with Crippen molar-refractivity contribution in [3.8, 4) is 0 Å². The molecule has 0 unspecified atom stereocenters. The molecule has 6 heteroatoms. The van der Waals surface area contributed by atoms with Crippen LogP contribution in [0.25, 0.3) is 11.0 Å². The first-order valence-corrected chi connectivity index (χ1v) is 8.40. The summed E-state index contributed by atoms with van der Waals surface area (Å²) in [5.41, 5.74) is 1.73. The number of carbonyl (C=O) groups excluding carboxylic acids is 2. The molecule has 0 atom stereocenters. The molecule has 3 aromatic rings. The average Bonchev–Trinajstić information content (AvgIpc) is 2.64. The van der Waals surface area contributed by atoms with E-state index in [1.807, 2.05) is 13.0 Å². The Labute approximate surface area is 154 Å². The standard InChI is InChI=1S/C21H17FO5/c1-13-2-7-17-15(11-21(25)27-19(17)10-13)12-26-20(24)9-8-18(23)14-3-5-16(22)6-4-14/h2-7,10-11H,8-9,12H2,1H3. The Morgan fingerprint density at radius 3 is 2.52 bits per heavy atom. The molecule has 3 rings (SSSR count). The summed E-state index contributed by atoms with van der Waals surface area (Å²) < 4.78 is 23.2. The second kappa shape index (κ2) is 7.95. The smallest absolute Gasteiger partial charge is 0.336 e. The van der Waals surface area contributed by atoms with Gasteiger partial charge in [0.05, 0.1) is 6.42 Å². The van der Waals surface area contributed by atoms with E-state index in [-0.39, 0.29) is 25.2 Å². The maximum Gasteiger partial charge on any atom is 0.336 e. The molecule has 138 valence electrons. The van der Waals surface area contributed by atoms with Gasteiger partial charge in [-0.05, 0) is 42.8 Å². The highest BCUT2D eigenvalue weighted by atomic mass is 19.1. The van der Waals surface area contributed by atoms with Crippen LogP contribution in [0.2, 0.25) is 0 Å². The topological polar surface area (TPSA) is 73.6 Å². The van der Waals surface area contributed by atoms with Crippen LogP contribution >= 0.6 is 0 Å². The molecular weight excluding hydrogens is 351 g/mol. The molecule has 0 amide bonds. The zero-order valence-electron chi connectivity index (χ0n) is 14.7. The first-order chi connectivity index (χ1) is 12.9. The van der Waals surface area contributed by atoms with E-state index in [0.29, 0.717) is 22.1 Å². The van der Waals surface area contributed by atoms with Crippen molar-refractivity contribution in [1.82, 2.24) is 0 Å². The molecular formula is C21H17FO5. The molecule has 0 bridgehead atoms. The lowest BCUT2D eigenvalue weighted by Gasteiger charge is -2.08. The molecule has 5 nitrogen and oxygen atoms in total. The van der Waals surface area contributed by atoms with Crippen LogP contribution in [0.3, 0.4) is 0 Å². The third-order valence-electron chi connectivity index (χ3n) is 4.10. The van der Waals surface area contributed by atoms with Crippen molar-refractivity contribution < 1.29 is 23.1 Å². The number of esters is 1. The predicted octanol–water partition coefficient (Wildman–Crippen LogP) is 3.95. The summed E-state index contributed by atoms with van der Waals surface area (Å²) in [6.07, 6.45) is -0.143. The Hall–Kier alpha value is -3.28. The average molecular weight is 368 g/mol. The van der Waals surface area contributed by atoms with Crippen LogP contribution in [0.15, 0.2) is 57.7 Å². The quantitative estimate of drug-likeness (QED) is 0.374. The van der Waals surface area contributed by atoms with E-state index in [1.165, 1.54) is 30.3 Å². The van der Waals surface area contributed by atoms with Crippen molar-refractivity contribution in [2.24, 2.45) is 0 Å². The summed E-state index contributed by atoms with van der Waals surface area (Å²) in [5, 5.41) is 0.690. The molecule has 0 aliphatic carbocycles. The molecule has 0 saturated carbocycles. The highest BCUT2D eigenvalue weighted by Crippen LogP contribution is 2.19. The van der Waals surface area contributed by atoms with Crippen LogP contribution in [0.5, 0.6) is 0 Å². The molecule has 0 radical (unpaired) electrons. The van der Waals surface area contributed by atoms with E-state index in [2.05, 4.69) is 0 Å². The van der Waals surface area contributed by atoms with E-state index in [0.717, 1.165) is 5.56 Å². The lowest BCUT2D eigenvalue weighted by molar-refractivity contribution is -0.144. The highest BCUT2D eigenvalue weighted by molar-refractivity contribution is 5.97. The number of hydrogen-bond acceptors (Lipinski definition) is 5. The van der Waals surface area contributed by atoms with E-state index in [9.17, 15) is 18.8 Å². The number of halogens is 1. The van der Waals surface area contributed by atoms with Gasteiger partial charge in [0, 0.05) is 29.0 Å².